The van der Waals surface area contributed by atoms with Crippen LogP contribution in [0.15, 0.2) is 36.5 Å². The largest absolute Gasteiger partial charge is 0.368 e. The molecule has 0 aliphatic carbocycles. The van der Waals surface area contributed by atoms with E-state index in [9.17, 15) is 9.18 Å². The van der Waals surface area contributed by atoms with Crippen molar-refractivity contribution in [3.8, 4) is 0 Å². The number of alkyl halides is 1. The Kier molecular flexibility index (Phi) is 5.96. The second kappa shape index (κ2) is 8.63. The number of piperidine rings is 1. The van der Waals surface area contributed by atoms with Gasteiger partial charge in [-0.05, 0) is 44.0 Å². The second-order valence-electron chi connectivity index (χ2n) is 8.09. The molecule has 29 heavy (non-hydrogen) atoms. The number of aromatic nitrogens is 1. The number of benzene rings is 1. The number of halogens is 1. The lowest BCUT2D eigenvalue weighted by Crippen LogP contribution is -2.50. The van der Waals surface area contributed by atoms with Gasteiger partial charge in [-0.25, -0.2) is 4.39 Å². The molecule has 1 aromatic carbocycles. The molecule has 0 radical (unpaired) electrons. The van der Waals surface area contributed by atoms with Crippen molar-refractivity contribution >= 4 is 22.5 Å². The first-order valence-electron chi connectivity index (χ1n) is 10.6. The standard InChI is InChI=1S/C22H30FN5O/c1-2-27(20-7-3-6-19-18(20)5-4-10-25-19)17-8-11-26(12-9-17)15-22(29)28-14-16(23)13-21(28)24/h3-7,10,16-17,21H,2,8-9,11-15,24H2,1H3/t16-,21-/m0/s1. The molecule has 0 bridgehead atoms. The van der Waals surface area contributed by atoms with E-state index in [0.29, 0.717) is 12.6 Å². The zero-order valence-electron chi connectivity index (χ0n) is 17.0. The minimum atomic E-state index is -0.993. The number of carbonyl (C=O) groups excluding carboxylic acids is 1. The van der Waals surface area contributed by atoms with Gasteiger partial charge in [0, 0.05) is 49.4 Å². The van der Waals surface area contributed by atoms with Gasteiger partial charge < -0.3 is 15.5 Å². The van der Waals surface area contributed by atoms with Crippen LogP contribution in [-0.2, 0) is 4.79 Å². The SMILES string of the molecule is CCN(c1cccc2ncccc12)C1CCN(CC(=O)N2C[C@@H](F)C[C@H]2N)CC1. The number of rotatable bonds is 5. The van der Waals surface area contributed by atoms with Crippen LogP contribution in [0, 0.1) is 0 Å². The Morgan fingerprint density at radius 3 is 2.76 bits per heavy atom. The maximum absolute atomic E-state index is 13.5. The maximum atomic E-state index is 13.5. The van der Waals surface area contributed by atoms with E-state index in [-0.39, 0.29) is 18.9 Å². The van der Waals surface area contributed by atoms with Crippen molar-refractivity contribution in [3.05, 3.63) is 36.5 Å². The van der Waals surface area contributed by atoms with Gasteiger partial charge in [-0.15, -0.1) is 0 Å². The van der Waals surface area contributed by atoms with Crippen molar-refractivity contribution in [2.45, 2.75) is 44.6 Å². The van der Waals surface area contributed by atoms with Crippen LogP contribution in [0.25, 0.3) is 10.9 Å². The zero-order valence-corrected chi connectivity index (χ0v) is 17.0. The number of nitrogens with zero attached hydrogens (tertiary/aromatic N) is 4. The third-order valence-corrected chi connectivity index (χ3v) is 6.24. The monoisotopic (exact) mass is 399 g/mol. The van der Waals surface area contributed by atoms with Gasteiger partial charge in [-0.3, -0.25) is 14.7 Å². The highest BCUT2D eigenvalue weighted by Gasteiger charge is 2.34. The lowest BCUT2D eigenvalue weighted by atomic mass is 10.0. The van der Waals surface area contributed by atoms with Gasteiger partial charge in [-0.1, -0.05) is 6.07 Å². The lowest BCUT2D eigenvalue weighted by molar-refractivity contribution is -0.133. The molecular formula is C22H30FN5O. The van der Waals surface area contributed by atoms with Crippen LogP contribution < -0.4 is 10.6 Å². The molecule has 3 heterocycles. The molecule has 2 aliphatic rings. The Hall–Kier alpha value is -2.25. The fraction of sp³-hybridized carbons (Fsp3) is 0.545. The van der Waals surface area contributed by atoms with E-state index >= 15 is 0 Å². The first-order chi connectivity index (χ1) is 14.1. The van der Waals surface area contributed by atoms with Gasteiger partial charge in [0.05, 0.1) is 24.8 Å². The van der Waals surface area contributed by atoms with Gasteiger partial charge in [0.2, 0.25) is 5.91 Å². The molecule has 1 amide bonds. The average Bonchev–Trinajstić information content (AvgIpc) is 3.08. The molecule has 2 N–H and O–H groups in total. The molecule has 2 fully saturated rings. The van der Waals surface area contributed by atoms with Gasteiger partial charge in [0.1, 0.15) is 6.17 Å². The quantitative estimate of drug-likeness (QED) is 0.836. The van der Waals surface area contributed by atoms with Crippen LogP contribution >= 0.6 is 0 Å². The van der Waals surface area contributed by atoms with Crippen molar-refractivity contribution in [3.63, 3.8) is 0 Å². The number of hydrogen-bond acceptors (Lipinski definition) is 5. The molecule has 0 unspecified atom stereocenters. The van der Waals surface area contributed by atoms with E-state index < -0.39 is 12.3 Å². The van der Waals surface area contributed by atoms with Crippen LogP contribution in [0.1, 0.15) is 26.2 Å². The van der Waals surface area contributed by atoms with Crippen molar-refractivity contribution in [1.29, 1.82) is 0 Å². The Labute approximate surface area is 171 Å². The smallest absolute Gasteiger partial charge is 0.238 e. The molecule has 2 atom stereocenters. The van der Waals surface area contributed by atoms with Crippen molar-refractivity contribution in [2.24, 2.45) is 5.73 Å². The highest BCUT2D eigenvalue weighted by Crippen LogP contribution is 2.30. The molecule has 0 spiro atoms. The van der Waals surface area contributed by atoms with Crippen molar-refractivity contribution < 1.29 is 9.18 Å². The highest BCUT2D eigenvalue weighted by molar-refractivity contribution is 5.91. The molecule has 2 aliphatic heterocycles. The Morgan fingerprint density at radius 1 is 1.28 bits per heavy atom. The number of amides is 1. The molecule has 6 nitrogen and oxygen atoms in total. The molecular weight excluding hydrogens is 369 g/mol. The Morgan fingerprint density at radius 2 is 2.07 bits per heavy atom. The topological polar surface area (TPSA) is 65.7 Å². The molecule has 0 saturated carbocycles. The maximum Gasteiger partial charge on any atom is 0.238 e. The lowest BCUT2D eigenvalue weighted by Gasteiger charge is -2.40. The van der Waals surface area contributed by atoms with E-state index in [4.69, 9.17) is 5.73 Å². The van der Waals surface area contributed by atoms with Gasteiger partial charge in [0.15, 0.2) is 0 Å². The van der Waals surface area contributed by atoms with E-state index in [1.54, 1.807) is 0 Å². The van der Waals surface area contributed by atoms with E-state index in [0.717, 1.165) is 38.0 Å². The molecule has 7 heteroatoms. The number of likely N-dealkylation sites (tertiary alicyclic amines) is 2. The van der Waals surface area contributed by atoms with Crippen LogP contribution in [0.5, 0.6) is 0 Å². The normalized spacial score (nSPS) is 23.6. The number of fused-ring (bicyclic) bond motifs is 1. The van der Waals surface area contributed by atoms with Crippen LogP contribution in [-0.4, -0.2) is 71.8 Å². The predicted octanol–water partition coefficient (Wildman–Crippen LogP) is 2.38. The van der Waals surface area contributed by atoms with E-state index in [2.05, 4.69) is 39.9 Å². The Balaban J connectivity index is 1.39. The average molecular weight is 400 g/mol. The minimum Gasteiger partial charge on any atom is -0.368 e. The number of pyridine rings is 1. The molecule has 2 saturated heterocycles. The van der Waals surface area contributed by atoms with Gasteiger partial charge >= 0.3 is 0 Å². The molecule has 2 aromatic rings. The van der Waals surface area contributed by atoms with Crippen molar-refractivity contribution in [2.75, 3.05) is 37.6 Å². The van der Waals surface area contributed by atoms with E-state index in [1.807, 2.05) is 18.3 Å². The summed E-state index contributed by atoms with van der Waals surface area (Å²) >= 11 is 0. The van der Waals surface area contributed by atoms with Crippen molar-refractivity contribution in [1.82, 2.24) is 14.8 Å². The summed E-state index contributed by atoms with van der Waals surface area (Å²) in [6.07, 6.45) is 2.60. The van der Waals surface area contributed by atoms with Crippen LogP contribution in [0.2, 0.25) is 0 Å². The summed E-state index contributed by atoms with van der Waals surface area (Å²) in [5.41, 5.74) is 8.14. The fourth-order valence-corrected chi connectivity index (χ4v) is 4.73. The summed E-state index contributed by atoms with van der Waals surface area (Å²) in [6, 6.07) is 10.8. The second-order valence-corrected chi connectivity index (χ2v) is 8.09. The molecule has 1 aromatic heterocycles. The van der Waals surface area contributed by atoms with Crippen LogP contribution in [0.4, 0.5) is 10.1 Å². The first-order valence-corrected chi connectivity index (χ1v) is 10.6. The first kappa shape index (κ1) is 20.0. The Bertz CT molecular complexity index is 849. The molecule has 156 valence electrons. The number of nitrogens with two attached hydrogens (primary N) is 1. The summed E-state index contributed by atoms with van der Waals surface area (Å²) in [4.78, 5) is 23.2. The zero-order chi connectivity index (χ0) is 20.4. The highest BCUT2D eigenvalue weighted by atomic mass is 19.1. The summed E-state index contributed by atoms with van der Waals surface area (Å²) in [6.45, 7) is 5.30. The molecule has 4 rings (SSSR count). The predicted molar refractivity (Wildman–Crippen MR) is 113 cm³/mol. The van der Waals surface area contributed by atoms with Gasteiger partial charge in [-0.2, -0.15) is 0 Å². The third-order valence-electron chi connectivity index (χ3n) is 6.24. The number of carbonyl (C=O) groups is 1. The number of hydrogen-bond donors (Lipinski definition) is 1. The van der Waals surface area contributed by atoms with Crippen LogP contribution in [0.3, 0.4) is 0 Å². The summed E-state index contributed by atoms with van der Waals surface area (Å²) in [7, 11) is 0. The summed E-state index contributed by atoms with van der Waals surface area (Å²) < 4.78 is 13.5. The third kappa shape index (κ3) is 4.21. The summed E-state index contributed by atoms with van der Waals surface area (Å²) in [5, 5.41) is 1.18. The minimum absolute atomic E-state index is 0.0522. The van der Waals surface area contributed by atoms with E-state index in [1.165, 1.54) is 16.0 Å². The summed E-state index contributed by atoms with van der Waals surface area (Å²) in [5.74, 6) is -0.0522. The number of anilines is 1. The van der Waals surface area contributed by atoms with Gasteiger partial charge in [0.25, 0.3) is 0 Å². The fourth-order valence-electron chi connectivity index (χ4n) is 4.73.